The van der Waals surface area contributed by atoms with Crippen LogP contribution in [-0.4, -0.2) is 36.5 Å². The molecule has 1 aromatic carbocycles. The lowest BCUT2D eigenvalue weighted by Gasteiger charge is -2.26. The fourth-order valence-corrected chi connectivity index (χ4v) is 2.61. The van der Waals surface area contributed by atoms with E-state index >= 15 is 0 Å². The highest BCUT2D eigenvalue weighted by molar-refractivity contribution is 5.94. The van der Waals surface area contributed by atoms with Crippen molar-refractivity contribution in [1.82, 2.24) is 10.2 Å². The normalized spacial score (nSPS) is 18.2. The molecule has 1 N–H and O–H groups in total. The molecule has 1 heterocycles. The van der Waals surface area contributed by atoms with Gasteiger partial charge in [-0.15, -0.1) is 0 Å². The Balaban J connectivity index is 2.05. The lowest BCUT2D eigenvalue weighted by atomic mass is 10.1. The molecular weight excluding hydrogens is 255 g/mol. The largest absolute Gasteiger partial charge is 0.337 e. The molecule has 0 spiro atoms. The molecule has 0 aliphatic carbocycles. The van der Waals surface area contributed by atoms with Crippen molar-refractivity contribution < 1.29 is 9.18 Å². The first-order chi connectivity index (χ1) is 9.70. The molecule has 1 aliphatic rings. The predicted octanol–water partition coefficient (Wildman–Crippen LogP) is 2.82. The summed E-state index contributed by atoms with van der Waals surface area (Å²) in [6.45, 7) is 4.60. The number of hydrogen-bond acceptors (Lipinski definition) is 2. The third-order valence-corrected chi connectivity index (χ3v) is 3.74. The van der Waals surface area contributed by atoms with Gasteiger partial charge in [0, 0.05) is 24.7 Å². The van der Waals surface area contributed by atoms with Crippen LogP contribution in [0.5, 0.6) is 0 Å². The molecular formula is C16H23FN2O. The van der Waals surface area contributed by atoms with Gasteiger partial charge in [-0.3, -0.25) is 4.79 Å². The van der Waals surface area contributed by atoms with Gasteiger partial charge in [-0.2, -0.15) is 0 Å². The van der Waals surface area contributed by atoms with Gasteiger partial charge in [0.2, 0.25) is 0 Å². The van der Waals surface area contributed by atoms with E-state index in [9.17, 15) is 9.18 Å². The molecule has 1 amide bonds. The number of rotatable bonds is 6. The van der Waals surface area contributed by atoms with Crippen molar-refractivity contribution in [1.29, 1.82) is 0 Å². The van der Waals surface area contributed by atoms with Gasteiger partial charge >= 0.3 is 0 Å². The van der Waals surface area contributed by atoms with Crippen molar-refractivity contribution in [2.75, 3.05) is 19.6 Å². The molecule has 0 bridgehead atoms. The number of carbonyl (C=O) groups is 1. The molecule has 2 rings (SSSR count). The van der Waals surface area contributed by atoms with Gasteiger partial charge in [-0.05, 0) is 44.0 Å². The summed E-state index contributed by atoms with van der Waals surface area (Å²) < 4.78 is 13.3. The third kappa shape index (κ3) is 4.04. The summed E-state index contributed by atoms with van der Waals surface area (Å²) in [7, 11) is 0. The number of benzene rings is 1. The van der Waals surface area contributed by atoms with Crippen LogP contribution in [0.25, 0.3) is 0 Å². The highest BCUT2D eigenvalue weighted by Crippen LogP contribution is 2.12. The van der Waals surface area contributed by atoms with Gasteiger partial charge in [-0.1, -0.05) is 19.4 Å². The second-order valence-electron chi connectivity index (χ2n) is 5.41. The van der Waals surface area contributed by atoms with Crippen LogP contribution in [0.1, 0.15) is 43.0 Å². The lowest BCUT2D eigenvalue weighted by Crippen LogP contribution is -2.41. The van der Waals surface area contributed by atoms with E-state index in [0.29, 0.717) is 11.6 Å². The van der Waals surface area contributed by atoms with E-state index in [2.05, 4.69) is 12.2 Å². The molecule has 0 aromatic heterocycles. The fourth-order valence-electron chi connectivity index (χ4n) is 2.61. The standard InChI is InChI=1S/C16H23FN2O/c1-2-3-10-19(12-15-8-5-9-18-15)16(20)13-6-4-7-14(17)11-13/h4,6-7,11,15,18H,2-3,5,8-10,12H2,1H3. The van der Waals surface area contributed by atoms with Crippen LogP contribution < -0.4 is 5.32 Å². The Bertz CT molecular complexity index is 444. The van der Waals surface area contributed by atoms with Crippen LogP contribution in [0, 0.1) is 5.82 Å². The molecule has 1 aliphatic heterocycles. The van der Waals surface area contributed by atoms with E-state index in [4.69, 9.17) is 0 Å². The SMILES string of the molecule is CCCCN(CC1CCCN1)C(=O)c1cccc(F)c1. The molecule has 1 fully saturated rings. The number of unbranched alkanes of at least 4 members (excludes halogenated alkanes) is 1. The van der Waals surface area contributed by atoms with Gasteiger partial charge in [0.1, 0.15) is 5.82 Å². The quantitative estimate of drug-likeness (QED) is 0.868. The first-order valence-electron chi connectivity index (χ1n) is 7.49. The summed E-state index contributed by atoms with van der Waals surface area (Å²) in [5, 5.41) is 3.41. The van der Waals surface area contributed by atoms with Crippen LogP contribution in [0.2, 0.25) is 0 Å². The summed E-state index contributed by atoms with van der Waals surface area (Å²) in [6.07, 6.45) is 4.30. The van der Waals surface area contributed by atoms with Gasteiger partial charge in [0.25, 0.3) is 5.91 Å². The second-order valence-corrected chi connectivity index (χ2v) is 5.41. The number of nitrogens with zero attached hydrogens (tertiary/aromatic N) is 1. The Labute approximate surface area is 120 Å². The monoisotopic (exact) mass is 278 g/mol. The molecule has 1 atom stereocenters. The van der Waals surface area contributed by atoms with Crippen LogP contribution in [0.3, 0.4) is 0 Å². The summed E-state index contributed by atoms with van der Waals surface area (Å²) in [6, 6.07) is 6.35. The van der Waals surface area contributed by atoms with Crippen molar-refractivity contribution in [3.8, 4) is 0 Å². The average molecular weight is 278 g/mol. The number of carbonyl (C=O) groups excluding carboxylic acids is 1. The Morgan fingerprint density at radius 1 is 1.50 bits per heavy atom. The summed E-state index contributed by atoms with van der Waals surface area (Å²) >= 11 is 0. The van der Waals surface area contributed by atoms with E-state index in [-0.39, 0.29) is 11.7 Å². The molecule has 1 unspecified atom stereocenters. The molecule has 20 heavy (non-hydrogen) atoms. The number of amides is 1. The highest BCUT2D eigenvalue weighted by atomic mass is 19.1. The highest BCUT2D eigenvalue weighted by Gasteiger charge is 2.22. The van der Waals surface area contributed by atoms with Crippen molar-refractivity contribution in [3.63, 3.8) is 0 Å². The van der Waals surface area contributed by atoms with Crippen molar-refractivity contribution in [3.05, 3.63) is 35.6 Å². The minimum atomic E-state index is -0.356. The Morgan fingerprint density at radius 3 is 3.00 bits per heavy atom. The van der Waals surface area contributed by atoms with E-state index < -0.39 is 0 Å². The van der Waals surface area contributed by atoms with E-state index in [1.54, 1.807) is 12.1 Å². The smallest absolute Gasteiger partial charge is 0.254 e. The molecule has 1 aromatic rings. The molecule has 110 valence electrons. The van der Waals surface area contributed by atoms with Crippen LogP contribution in [-0.2, 0) is 0 Å². The van der Waals surface area contributed by atoms with E-state index in [0.717, 1.165) is 38.9 Å². The van der Waals surface area contributed by atoms with Gasteiger partial charge in [-0.25, -0.2) is 4.39 Å². The number of halogens is 1. The Morgan fingerprint density at radius 2 is 2.35 bits per heavy atom. The maximum atomic E-state index is 13.3. The summed E-state index contributed by atoms with van der Waals surface area (Å²) in [5.41, 5.74) is 0.444. The van der Waals surface area contributed by atoms with Crippen molar-refractivity contribution in [2.45, 2.75) is 38.6 Å². The average Bonchev–Trinajstić information content (AvgIpc) is 2.95. The maximum absolute atomic E-state index is 13.3. The Hall–Kier alpha value is -1.42. The zero-order valence-corrected chi connectivity index (χ0v) is 12.1. The fraction of sp³-hybridized carbons (Fsp3) is 0.562. The Kier molecular flexibility index (Phi) is 5.53. The summed E-state index contributed by atoms with van der Waals surface area (Å²) in [4.78, 5) is 14.4. The zero-order chi connectivity index (χ0) is 14.4. The minimum Gasteiger partial charge on any atom is -0.337 e. The molecule has 4 heteroatoms. The lowest BCUT2D eigenvalue weighted by molar-refractivity contribution is 0.0739. The third-order valence-electron chi connectivity index (χ3n) is 3.74. The van der Waals surface area contributed by atoms with Crippen molar-refractivity contribution >= 4 is 5.91 Å². The summed E-state index contributed by atoms with van der Waals surface area (Å²) in [5.74, 6) is -0.420. The topological polar surface area (TPSA) is 32.3 Å². The predicted molar refractivity (Wildman–Crippen MR) is 78.2 cm³/mol. The molecule has 0 saturated carbocycles. The second kappa shape index (κ2) is 7.39. The van der Waals surface area contributed by atoms with Gasteiger partial charge < -0.3 is 10.2 Å². The molecule has 1 saturated heterocycles. The van der Waals surface area contributed by atoms with E-state index in [1.165, 1.54) is 18.6 Å². The van der Waals surface area contributed by atoms with Crippen LogP contribution >= 0.6 is 0 Å². The minimum absolute atomic E-state index is 0.0633. The maximum Gasteiger partial charge on any atom is 0.254 e. The first kappa shape index (κ1) is 15.0. The first-order valence-corrected chi connectivity index (χ1v) is 7.49. The van der Waals surface area contributed by atoms with Gasteiger partial charge in [0.15, 0.2) is 0 Å². The molecule has 3 nitrogen and oxygen atoms in total. The zero-order valence-electron chi connectivity index (χ0n) is 12.1. The van der Waals surface area contributed by atoms with Crippen LogP contribution in [0.15, 0.2) is 24.3 Å². The number of hydrogen-bond donors (Lipinski definition) is 1. The van der Waals surface area contributed by atoms with Crippen molar-refractivity contribution in [2.24, 2.45) is 0 Å². The molecule has 0 radical (unpaired) electrons. The number of nitrogens with one attached hydrogen (secondary N) is 1. The van der Waals surface area contributed by atoms with Gasteiger partial charge in [0.05, 0.1) is 0 Å². The van der Waals surface area contributed by atoms with Crippen LogP contribution in [0.4, 0.5) is 4.39 Å². The van der Waals surface area contributed by atoms with E-state index in [1.807, 2.05) is 4.90 Å².